The molecule has 0 aromatic carbocycles. The Morgan fingerprint density at radius 2 is 1.95 bits per heavy atom. The van der Waals surface area contributed by atoms with Gasteiger partial charge in [-0.05, 0) is 37.3 Å². The van der Waals surface area contributed by atoms with Crippen molar-refractivity contribution in [1.29, 1.82) is 0 Å². The van der Waals surface area contributed by atoms with Crippen molar-refractivity contribution >= 4 is 11.9 Å². The van der Waals surface area contributed by atoms with Gasteiger partial charge in [-0.1, -0.05) is 12.8 Å². The summed E-state index contributed by atoms with van der Waals surface area (Å²) in [6.07, 6.45) is 8.36. The number of carbonyl (C=O) groups excluding carboxylic acids is 1. The van der Waals surface area contributed by atoms with Crippen molar-refractivity contribution in [2.45, 2.75) is 38.5 Å². The average Bonchev–Trinajstić information content (AvgIpc) is 2.87. The largest absolute Gasteiger partial charge is 0.400 e. The summed E-state index contributed by atoms with van der Waals surface area (Å²) >= 11 is 0. The van der Waals surface area contributed by atoms with Crippen LogP contribution in [0.5, 0.6) is 0 Å². The zero-order chi connectivity index (χ0) is 13.2. The quantitative estimate of drug-likeness (QED) is 0.442. The fourth-order valence-corrected chi connectivity index (χ4v) is 2.61. The second-order valence-electron chi connectivity index (χ2n) is 5.01. The molecule has 2 heterocycles. The first kappa shape index (κ1) is 12.1. The molecule has 0 amide bonds. The molecule has 0 N–H and O–H groups in total. The van der Waals surface area contributed by atoms with Crippen molar-refractivity contribution < 1.29 is 9.53 Å². The molecule has 1 fully saturated rings. The van der Waals surface area contributed by atoms with E-state index in [9.17, 15) is 4.79 Å². The molecule has 5 nitrogen and oxygen atoms in total. The first-order chi connectivity index (χ1) is 9.25. The smallest absolute Gasteiger partial charge is 0.363 e. The van der Waals surface area contributed by atoms with Crippen LogP contribution in [0.3, 0.4) is 0 Å². The minimum atomic E-state index is -0.312. The third-order valence-electron chi connectivity index (χ3n) is 3.68. The van der Waals surface area contributed by atoms with Crippen molar-refractivity contribution in [2.24, 2.45) is 12.0 Å². The molecule has 0 atom stereocenters. The third kappa shape index (κ3) is 2.32. The molecule has 3 rings (SSSR count). The van der Waals surface area contributed by atoms with Crippen molar-refractivity contribution in [3.05, 3.63) is 29.2 Å². The SMILES string of the molecule is Cn1nccc1C1=NC(=C2CCCCCC2)C(=O)O1. The van der Waals surface area contributed by atoms with Crippen LogP contribution in [-0.4, -0.2) is 21.6 Å². The average molecular weight is 259 g/mol. The summed E-state index contributed by atoms with van der Waals surface area (Å²) in [6, 6.07) is 1.80. The standard InChI is InChI=1S/C14H17N3O2/c1-17-11(8-9-15-17)13-16-12(14(18)19-13)10-6-4-2-3-5-7-10/h8-9H,2-7H2,1H3. The van der Waals surface area contributed by atoms with E-state index in [2.05, 4.69) is 10.1 Å². The first-order valence-corrected chi connectivity index (χ1v) is 6.77. The van der Waals surface area contributed by atoms with E-state index >= 15 is 0 Å². The van der Waals surface area contributed by atoms with Gasteiger partial charge in [0.15, 0.2) is 5.70 Å². The van der Waals surface area contributed by atoms with Crippen molar-refractivity contribution in [3.8, 4) is 0 Å². The number of aryl methyl sites for hydroxylation is 1. The molecule has 0 bridgehead atoms. The summed E-state index contributed by atoms with van der Waals surface area (Å²) in [5, 5.41) is 4.07. The Labute approximate surface area is 112 Å². The van der Waals surface area contributed by atoms with E-state index in [0.717, 1.165) is 37.0 Å². The molecular formula is C14H17N3O2. The Bertz CT molecular complexity index is 559. The number of aliphatic imine (C=N–C) groups is 1. The highest BCUT2D eigenvalue weighted by atomic mass is 16.6. The van der Waals surface area contributed by atoms with Gasteiger partial charge in [-0.25, -0.2) is 9.79 Å². The number of cyclic esters (lactones) is 1. The lowest BCUT2D eigenvalue weighted by molar-refractivity contribution is -0.130. The lowest BCUT2D eigenvalue weighted by Gasteiger charge is -2.02. The topological polar surface area (TPSA) is 56.5 Å². The van der Waals surface area contributed by atoms with Gasteiger partial charge in [0.1, 0.15) is 5.69 Å². The second-order valence-corrected chi connectivity index (χ2v) is 5.01. The molecule has 0 spiro atoms. The number of ether oxygens (including phenoxy) is 1. The van der Waals surface area contributed by atoms with E-state index in [-0.39, 0.29) is 5.97 Å². The maximum Gasteiger partial charge on any atom is 0.363 e. The number of nitrogens with zero attached hydrogens (tertiary/aromatic N) is 3. The van der Waals surface area contributed by atoms with Crippen LogP contribution in [0, 0.1) is 0 Å². The number of rotatable bonds is 1. The van der Waals surface area contributed by atoms with E-state index in [0.29, 0.717) is 11.6 Å². The number of carbonyl (C=O) groups is 1. The highest BCUT2D eigenvalue weighted by molar-refractivity contribution is 6.10. The second kappa shape index (κ2) is 4.99. The van der Waals surface area contributed by atoms with Gasteiger partial charge in [-0.2, -0.15) is 5.10 Å². The van der Waals surface area contributed by atoms with Crippen LogP contribution < -0.4 is 0 Å². The number of allylic oxidation sites excluding steroid dienone is 1. The Morgan fingerprint density at radius 1 is 1.21 bits per heavy atom. The predicted molar refractivity (Wildman–Crippen MR) is 70.6 cm³/mol. The van der Waals surface area contributed by atoms with Crippen molar-refractivity contribution in [3.63, 3.8) is 0 Å². The summed E-state index contributed by atoms with van der Waals surface area (Å²) < 4.78 is 6.95. The highest BCUT2D eigenvalue weighted by Gasteiger charge is 2.28. The van der Waals surface area contributed by atoms with Gasteiger partial charge in [0.05, 0.1) is 0 Å². The molecule has 0 unspecified atom stereocenters. The molecule has 1 aromatic heterocycles. The Hall–Kier alpha value is -1.91. The zero-order valence-electron chi connectivity index (χ0n) is 11.1. The number of esters is 1. The fourth-order valence-electron chi connectivity index (χ4n) is 2.61. The van der Waals surface area contributed by atoms with Gasteiger partial charge in [-0.15, -0.1) is 0 Å². The van der Waals surface area contributed by atoms with Gasteiger partial charge in [0.2, 0.25) is 5.90 Å². The van der Waals surface area contributed by atoms with Crippen LogP contribution >= 0.6 is 0 Å². The summed E-state index contributed by atoms with van der Waals surface area (Å²) in [5.74, 6) is 0.0600. The molecule has 0 saturated heterocycles. The molecule has 0 radical (unpaired) electrons. The van der Waals surface area contributed by atoms with Crippen LogP contribution in [0.1, 0.15) is 44.2 Å². The molecule has 1 saturated carbocycles. The number of hydrogen-bond acceptors (Lipinski definition) is 4. The van der Waals surface area contributed by atoms with Crippen LogP contribution in [0.15, 0.2) is 28.5 Å². The molecule has 5 heteroatoms. The Morgan fingerprint density at radius 3 is 2.58 bits per heavy atom. The molecule has 19 heavy (non-hydrogen) atoms. The molecule has 1 aromatic rings. The monoisotopic (exact) mass is 259 g/mol. The normalized spacial score (nSPS) is 20.3. The predicted octanol–water partition coefficient (Wildman–Crippen LogP) is 2.33. The van der Waals surface area contributed by atoms with E-state index in [1.807, 2.05) is 7.05 Å². The Balaban J connectivity index is 1.94. The Kier molecular flexibility index (Phi) is 3.19. The molecule has 1 aliphatic heterocycles. The van der Waals surface area contributed by atoms with Gasteiger partial charge >= 0.3 is 5.97 Å². The highest BCUT2D eigenvalue weighted by Crippen LogP contribution is 2.28. The van der Waals surface area contributed by atoms with Crippen molar-refractivity contribution in [2.75, 3.05) is 0 Å². The van der Waals surface area contributed by atoms with E-state index in [1.54, 1.807) is 16.9 Å². The van der Waals surface area contributed by atoms with Crippen LogP contribution in [0.2, 0.25) is 0 Å². The van der Waals surface area contributed by atoms with E-state index in [1.165, 1.54) is 12.8 Å². The maximum absolute atomic E-state index is 12.0. The van der Waals surface area contributed by atoms with Crippen molar-refractivity contribution in [1.82, 2.24) is 9.78 Å². The fraction of sp³-hybridized carbons (Fsp3) is 0.500. The maximum atomic E-state index is 12.0. The minimum Gasteiger partial charge on any atom is -0.400 e. The lowest BCUT2D eigenvalue weighted by Crippen LogP contribution is -2.10. The van der Waals surface area contributed by atoms with Crippen LogP contribution in [-0.2, 0) is 16.6 Å². The summed E-state index contributed by atoms with van der Waals surface area (Å²) in [6.45, 7) is 0. The van der Waals surface area contributed by atoms with Gasteiger partial charge in [0.25, 0.3) is 0 Å². The number of hydrogen-bond donors (Lipinski definition) is 0. The van der Waals surface area contributed by atoms with Crippen LogP contribution in [0.25, 0.3) is 0 Å². The van der Waals surface area contributed by atoms with Gasteiger partial charge < -0.3 is 4.74 Å². The molecule has 1 aliphatic carbocycles. The van der Waals surface area contributed by atoms with Crippen LogP contribution in [0.4, 0.5) is 0 Å². The number of aromatic nitrogens is 2. The first-order valence-electron chi connectivity index (χ1n) is 6.77. The third-order valence-corrected chi connectivity index (χ3v) is 3.68. The van der Waals surface area contributed by atoms with E-state index < -0.39 is 0 Å². The molecule has 100 valence electrons. The summed E-state index contributed by atoms with van der Waals surface area (Å²) in [7, 11) is 1.81. The lowest BCUT2D eigenvalue weighted by atomic mass is 10.1. The molecular weight excluding hydrogens is 242 g/mol. The van der Waals surface area contributed by atoms with E-state index in [4.69, 9.17) is 4.74 Å². The van der Waals surface area contributed by atoms with Gasteiger partial charge in [-0.3, -0.25) is 4.68 Å². The summed E-state index contributed by atoms with van der Waals surface area (Å²) in [5.41, 5.74) is 2.41. The molecule has 2 aliphatic rings. The van der Waals surface area contributed by atoms with Gasteiger partial charge in [0, 0.05) is 13.2 Å². The minimum absolute atomic E-state index is 0.312. The zero-order valence-corrected chi connectivity index (χ0v) is 11.1. The summed E-state index contributed by atoms with van der Waals surface area (Å²) in [4.78, 5) is 16.4.